The van der Waals surface area contributed by atoms with Crippen molar-refractivity contribution >= 4 is 29.6 Å². The molecule has 0 unspecified atom stereocenters. The summed E-state index contributed by atoms with van der Waals surface area (Å²) in [7, 11) is 2.13. The third-order valence-corrected chi connectivity index (χ3v) is 9.87. The molecule has 0 spiro atoms. The van der Waals surface area contributed by atoms with Crippen molar-refractivity contribution in [3.05, 3.63) is 42.2 Å². The Morgan fingerprint density at radius 3 is 2.28 bits per heavy atom. The van der Waals surface area contributed by atoms with Gasteiger partial charge in [-0.2, -0.15) is 5.10 Å². The van der Waals surface area contributed by atoms with E-state index in [0.717, 1.165) is 83.6 Å². The first-order valence-electron chi connectivity index (χ1n) is 20.2. The van der Waals surface area contributed by atoms with E-state index in [1.807, 2.05) is 20.8 Å². The second-order valence-corrected chi connectivity index (χ2v) is 17.4. The van der Waals surface area contributed by atoms with E-state index in [-0.39, 0.29) is 29.4 Å². The van der Waals surface area contributed by atoms with Crippen molar-refractivity contribution in [1.29, 1.82) is 0 Å². The van der Waals surface area contributed by atoms with Crippen molar-refractivity contribution in [1.82, 2.24) is 30.0 Å². The van der Waals surface area contributed by atoms with Gasteiger partial charge in [-0.15, -0.1) is 0 Å². The Balaban J connectivity index is 1.10. The van der Waals surface area contributed by atoms with E-state index >= 15 is 0 Å². The van der Waals surface area contributed by atoms with E-state index in [2.05, 4.69) is 37.6 Å². The van der Waals surface area contributed by atoms with Crippen LogP contribution in [0, 0.1) is 11.8 Å². The summed E-state index contributed by atoms with van der Waals surface area (Å²) in [4.78, 5) is 50.7. The molecule has 314 valence electrons. The number of pyridine rings is 1. The second kappa shape index (κ2) is 19.2. The van der Waals surface area contributed by atoms with Crippen LogP contribution in [0.4, 0.5) is 29.9 Å². The number of unbranched alkanes of at least 4 members (excludes halogenated alkanes) is 3. The number of alkyl carbamates (subject to hydrolysis) is 1. The number of ether oxygens (including phenoxy) is 2. The molecule has 0 saturated heterocycles. The van der Waals surface area contributed by atoms with Gasteiger partial charge in [-0.25, -0.2) is 28.3 Å². The Bertz CT molecular complexity index is 1790. The molecule has 0 atom stereocenters. The minimum Gasteiger partial charge on any atom is -0.444 e. The van der Waals surface area contributed by atoms with Crippen LogP contribution in [-0.4, -0.2) is 87.2 Å². The number of aromatic nitrogens is 4. The minimum atomic E-state index is -2.89. The lowest BCUT2D eigenvalue weighted by Gasteiger charge is -2.31. The maximum atomic E-state index is 14.2. The molecule has 0 aromatic carbocycles. The molecule has 2 aliphatic rings. The fourth-order valence-corrected chi connectivity index (χ4v) is 6.87. The molecule has 2 fully saturated rings. The van der Waals surface area contributed by atoms with Crippen LogP contribution in [0.15, 0.2) is 35.2 Å². The molecule has 2 saturated carbocycles. The van der Waals surface area contributed by atoms with Crippen LogP contribution in [0.25, 0.3) is 11.5 Å². The Labute approximate surface area is 334 Å². The van der Waals surface area contributed by atoms with Crippen LogP contribution < -0.4 is 15.5 Å². The number of nitrogens with one attached hydrogen (secondary N) is 2. The number of halogens is 2. The molecular formula is C41H60F2N8O6. The normalized spacial score (nSPS) is 17.5. The highest BCUT2D eigenvalue weighted by atomic mass is 19.3. The van der Waals surface area contributed by atoms with E-state index in [9.17, 15) is 23.2 Å². The van der Waals surface area contributed by atoms with Gasteiger partial charge in [0.05, 0.1) is 11.7 Å². The molecule has 16 heteroatoms. The molecule has 14 nitrogen and oxygen atoms in total. The molecule has 0 radical (unpaired) electrons. The van der Waals surface area contributed by atoms with Crippen LogP contribution in [0.2, 0.25) is 0 Å². The molecule has 0 bridgehead atoms. The molecule has 3 heterocycles. The van der Waals surface area contributed by atoms with Crippen LogP contribution >= 0.6 is 0 Å². The van der Waals surface area contributed by atoms with Gasteiger partial charge in [-0.05, 0) is 130 Å². The summed E-state index contributed by atoms with van der Waals surface area (Å²) in [5.41, 5.74) is -1.37. The number of amides is 3. The van der Waals surface area contributed by atoms with E-state index in [1.54, 1.807) is 37.6 Å². The predicted molar refractivity (Wildman–Crippen MR) is 212 cm³/mol. The molecule has 2 N–H and O–H groups in total. The number of hydrogen-bond acceptors (Lipinski definition) is 10. The quantitative estimate of drug-likeness (QED) is 0.126. The van der Waals surface area contributed by atoms with Crippen LogP contribution in [0.5, 0.6) is 0 Å². The lowest BCUT2D eigenvalue weighted by atomic mass is 9.86. The highest BCUT2D eigenvalue weighted by Crippen LogP contribution is 2.36. The maximum absolute atomic E-state index is 14.2. The van der Waals surface area contributed by atoms with Gasteiger partial charge in [0.25, 0.3) is 12.3 Å². The summed E-state index contributed by atoms with van der Waals surface area (Å²) in [6, 6.07) is 3.24. The van der Waals surface area contributed by atoms with Crippen molar-refractivity contribution < 1.29 is 37.1 Å². The fraction of sp³-hybridized carbons (Fsp3) is 0.659. The van der Waals surface area contributed by atoms with Gasteiger partial charge in [-0.1, -0.05) is 12.8 Å². The zero-order valence-electron chi connectivity index (χ0n) is 34.5. The smallest absolute Gasteiger partial charge is 0.416 e. The Morgan fingerprint density at radius 2 is 1.61 bits per heavy atom. The first kappa shape index (κ1) is 43.5. The van der Waals surface area contributed by atoms with Crippen LogP contribution in [0.3, 0.4) is 0 Å². The van der Waals surface area contributed by atoms with Crippen molar-refractivity contribution in [2.24, 2.45) is 11.8 Å². The zero-order chi connectivity index (χ0) is 41.3. The standard InChI is InChI=1S/C41H60F2N8O6/c1-40(2,3)56-38(53)45-19-10-8-9-11-21-49(7)23-27-14-16-30(17-15-27)51-25-31(34(48-51)35(42)43)46-36(52)32-26-55-37(47-32)29-18-20-44-33(22-29)50(24-28-12-13-28)39(54)57-41(4,5)6/h18,20,22,25-28,30,35H,8-17,19,21,23-24H2,1-7H3,(H,45,53)(H,46,52). The largest absolute Gasteiger partial charge is 0.444 e. The number of alkyl halides is 2. The predicted octanol–water partition coefficient (Wildman–Crippen LogP) is 9.02. The minimum absolute atomic E-state index is 0.0521. The zero-order valence-corrected chi connectivity index (χ0v) is 34.5. The summed E-state index contributed by atoms with van der Waals surface area (Å²) < 4.78 is 46.4. The van der Waals surface area contributed by atoms with Crippen molar-refractivity contribution in [3.63, 3.8) is 0 Å². The van der Waals surface area contributed by atoms with E-state index in [1.165, 1.54) is 17.3 Å². The van der Waals surface area contributed by atoms with Crippen LogP contribution in [0.1, 0.15) is 134 Å². The topological polar surface area (TPSA) is 157 Å². The van der Waals surface area contributed by atoms with Gasteiger partial charge >= 0.3 is 12.2 Å². The van der Waals surface area contributed by atoms with Crippen molar-refractivity contribution in [2.45, 2.75) is 129 Å². The lowest BCUT2D eigenvalue weighted by molar-refractivity contribution is 0.0524. The van der Waals surface area contributed by atoms with Crippen LogP contribution in [-0.2, 0) is 9.47 Å². The number of anilines is 2. The number of rotatable bonds is 17. The third kappa shape index (κ3) is 13.8. The summed E-state index contributed by atoms with van der Waals surface area (Å²) in [6.45, 7) is 14.0. The molecule has 0 aliphatic heterocycles. The highest BCUT2D eigenvalue weighted by Gasteiger charge is 2.32. The average Bonchev–Trinajstić information content (AvgIpc) is 3.62. The fourth-order valence-electron chi connectivity index (χ4n) is 6.87. The number of hydrogen-bond donors (Lipinski definition) is 2. The van der Waals surface area contributed by atoms with Crippen molar-refractivity contribution in [3.8, 4) is 11.5 Å². The second-order valence-electron chi connectivity index (χ2n) is 17.4. The number of oxazole rings is 1. The van der Waals surface area contributed by atoms with Gasteiger partial charge in [0.2, 0.25) is 5.89 Å². The third-order valence-electron chi connectivity index (χ3n) is 9.87. The van der Waals surface area contributed by atoms with Gasteiger partial charge in [0.15, 0.2) is 11.4 Å². The number of nitrogens with zero attached hydrogens (tertiary/aromatic N) is 6. The first-order chi connectivity index (χ1) is 26.9. The van der Waals surface area contributed by atoms with Gasteiger partial charge in [0, 0.05) is 37.6 Å². The highest BCUT2D eigenvalue weighted by molar-refractivity contribution is 6.03. The summed E-state index contributed by atoms with van der Waals surface area (Å²) >= 11 is 0. The van der Waals surface area contributed by atoms with E-state index < -0.39 is 35.3 Å². The van der Waals surface area contributed by atoms with E-state index in [4.69, 9.17) is 13.9 Å². The van der Waals surface area contributed by atoms with E-state index in [0.29, 0.717) is 36.3 Å². The molecule has 3 amide bonds. The van der Waals surface area contributed by atoms with Crippen molar-refractivity contribution in [2.75, 3.05) is 43.4 Å². The number of carbonyl (C=O) groups is 3. The molecule has 3 aromatic rings. The summed E-state index contributed by atoms with van der Waals surface area (Å²) in [5.74, 6) is 0.628. The monoisotopic (exact) mass is 798 g/mol. The Morgan fingerprint density at radius 1 is 0.947 bits per heavy atom. The molecular weight excluding hydrogens is 738 g/mol. The SMILES string of the molecule is CN(CCCCCCNC(=O)OC(C)(C)C)CC1CCC(n2cc(NC(=O)c3coc(-c4ccnc(N(CC5CC5)C(=O)OC(C)(C)C)c4)n3)c(C(F)F)n2)CC1. The molecule has 5 rings (SSSR count). The summed E-state index contributed by atoms with van der Waals surface area (Å²) in [5, 5.41) is 9.60. The maximum Gasteiger partial charge on any atom is 0.416 e. The van der Waals surface area contributed by atoms with Gasteiger partial charge in [-0.3, -0.25) is 14.4 Å². The first-order valence-corrected chi connectivity index (χ1v) is 20.2. The Kier molecular flexibility index (Phi) is 14.7. The number of carbonyl (C=O) groups excluding carboxylic acids is 3. The average molecular weight is 799 g/mol. The molecule has 3 aromatic heterocycles. The molecule has 2 aliphatic carbocycles. The van der Waals surface area contributed by atoms with Gasteiger partial charge in [0.1, 0.15) is 23.3 Å². The molecule has 57 heavy (non-hydrogen) atoms. The van der Waals surface area contributed by atoms with Gasteiger partial charge < -0.3 is 29.4 Å². The lowest BCUT2D eigenvalue weighted by Crippen LogP contribution is -2.38. The Hall–Kier alpha value is -4.60. The summed E-state index contributed by atoms with van der Waals surface area (Å²) in [6.07, 6.45) is 10.0.